The van der Waals surface area contributed by atoms with Crippen molar-refractivity contribution in [2.45, 2.75) is 26.3 Å². The lowest BCUT2D eigenvalue weighted by Crippen LogP contribution is -2.35. The summed E-state index contributed by atoms with van der Waals surface area (Å²) in [6.45, 7) is 3.91. The molecule has 0 unspecified atom stereocenters. The number of nitrogens with zero attached hydrogens (tertiary/aromatic N) is 4. The summed E-state index contributed by atoms with van der Waals surface area (Å²) in [4.78, 5) is 37.2. The molecule has 35 heavy (non-hydrogen) atoms. The zero-order chi connectivity index (χ0) is 24.4. The first-order chi connectivity index (χ1) is 17.0. The first kappa shape index (κ1) is 22.3. The second-order valence-corrected chi connectivity index (χ2v) is 8.56. The van der Waals surface area contributed by atoms with Crippen LogP contribution in [-0.2, 0) is 11.3 Å². The minimum Gasteiger partial charge on any atom is -0.304 e. The molecule has 7 heteroatoms. The summed E-state index contributed by atoms with van der Waals surface area (Å²) in [7, 11) is 0. The number of amides is 1. The maximum atomic E-state index is 14.3. The van der Waals surface area contributed by atoms with Crippen molar-refractivity contribution < 1.29 is 4.79 Å². The molecule has 1 N–H and O–H groups in total. The number of aromatic amines is 1. The smallest absolute Gasteiger partial charge is 0.274 e. The number of fused-ring (bicyclic) bond motifs is 1. The van der Waals surface area contributed by atoms with Crippen molar-refractivity contribution in [3.8, 4) is 0 Å². The van der Waals surface area contributed by atoms with Gasteiger partial charge in [0.05, 0.1) is 12.5 Å². The topological polar surface area (TPSA) is 83.4 Å². The van der Waals surface area contributed by atoms with Crippen molar-refractivity contribution in [1.82, 2.24) is 19.6 Å². The summed E-state index contributed by atoms with van der Waals surface area (Å²) in [6.07, 6.45) is 0. The molecule has 1 amide bonds. The molecule has 0 spiro atoms. The van der Waals surface area contributed by atoms with Crippen molar-refractivity contribution in [1.29, 1.82) is 0 Å². The Hall–Kier alpha value is -4.52. The molecular weight excluding hydrogens is 438 g/mol. The van der Waals surface area contributed by atoms with E-state index in [-0.39, 0.29) is 23.8 Å². The van der Waals surface area contributed by atoms with Gasteiger partial charge in [-0.05, 0) is 37.1 Å². The van der Waals surface area contributed by atoms with E-state index >= 15 is 0 Å². The van der Waals surface area contributed by atoms with Crippen LogP contribution in [0, 0.1) is 13.8 Å². The first-order valence-corrected chi connectivity index (χ1v) is 11.4. The summed E-state index contributed by atoms with van der Waals surface area (Å²) < 4.78 is 1.30. The number of benzene rings is 3. The lowest BCUT2D eigenvalue weighted by Gasteiger charge is -2.27. The third-order valence-electron chi connectivity index (χ3n) is 5.94. The number of H-pyrrole nitrogens is 1. The van der Waals surface area contributed by atoms with E-state index in [9.17, 15) is 9.59 Å². The summed E-state index contributed by atoms with van der Waals surface area (Å²) in [6, 6.07) is 28.8. The molecule has 0 saturated carbocycles. The molecule has 5 aromatic rings. The minimum absolute atomic E-state index is 0.0943. The maximum absolute atomic E-state index is 14.3. The van der Waals surface area contributed by atoms with Gasteiger partial charge < -0.3 is 4.90 Å². The number of nitrogens with one attached hydrogen (secondary N) is 1. The standard InChI is InChI=1S/C28H25N5O2/c1-19-13-15-23(16-14-19)32(18-24-30-28-29-20(2)17-25(34)33(28)31-24)27(35)26(21-9-5-3-6-10-21)22-11-7-4-8-12-22/h3-17,26H,18H2,1-2H3,(H,29,30,31). The average Bonchev–Trinajstić information content (AvgIpc) is 3.27. The number of anilines is 1. The van der Waals surface area contributed by atoms with E-state index in [1.807, 2.05) is 91.9 Å². The number of carbonyl (C=O) groups excluding carboxylic acids is 1. The lowest BCUT2D eigenvalue weighted by atomic mass is 9.89. The van der Waals surface area contributed by atoms with Gasteiger partial charge in [0.1, 0.15) is 5.82 Å². The molecule has 0 bridgehead atoms. The van der Waals surface area contributed by atoms with E-state index in [4.69, 9.17) is 0 Å². The summed E-state index contributed by atoms with van der Waals surface area (Å²) >= 11 is 0. The fourth-order valence-corrected chi connectivity index (χ4v) is 4.20. The van der Waals surface area contributed by atoms with Gasteiger partial charge in [-0.15, -0.1) is 0 Å². The molecule has 0 atom stereocenters. The highest BCUT2D eigenvalue weighted by atomic mass is 16.2. The van der Waals surface area contributed by atoms with Gasteiger partial charge in [-0.2, -0.15) is 9.50 Å². The Morgan fingerprint density at radius 2 is 1.49 bits per heavy atom. The van der Waals surface area contributed by atoms with Gasteiger partial charge in [0.25, 0.3) is 11.3 Å². The molecule has 2 aromatic heterocycles. The highest BCUT2D eigenvalue weighted by molar-refractivity contribution is 6.00. The maximum Gasteiger partial charge on any atom is 0.274 e. The molecule has 0 saturated heterocycles. The predicted octanol–water partition coefficient (Wildman–Crippen LogP) is 4.40. The van der Waals surface area contributed by atoms with Gasteiger partial charge in [0, 0.05) is 17.4 Å². The molecule has 0 radical (unpaired) electrons. The van der Waals surface area contributed by atoms with Crippen LogP contribution in [0.5, 0.6) is 0 Å². The first-order valence-electron chi connectivity index (χ1n) is 11.4. The van der Waals surface area contributed by atoms with Crippen LogP contribution in [-0.4, -0.2) is 25.5 Å². The van der Waals surface area contributed by atoms with Crippen LogP contribution < -0.4 is 10.5 Å². The Morgan fingerprint density at radius 3 is 2.09 bits per heavy atom. The zero-order valence-corrected chi connectivity index (χ0v) is 19.6. The van der Waals surface area contributed by atoms with Gasteiger partial charge in [0.2, 0.25) is 5.91 Å². The van der Waals surface area contributed by atoms with Gasteiger partial charge >= 0.3 is 0 Å². The summed E-state index contributed by atoms with van der Waals surface area (Å²) in [5.74, 6) is 0.146. The zero-order valence-electron chi connectivity index (χ0n) is 19.6. The largest absolute Gasteiger partial charge is 0.304 e. The molecule has 7 nitrogen and oxygen atoms in total. The molecule has 3 aromatic carbocycles. The van der Waals surface area contributed by atoms with Crippen LogP contribution >= 0.6 is 0 Å². The Kier molecular flexibility index (Phi) is 5.97. The van der Waals surface area contributed by atoms with Gasteiger partial charge in [-0.3, -0.25) is 14.7 Å². The summed E-state index contributed by atoms with van der Waals surface area (Å²) in [5, 5.41) is 3.01. The molecule has 5 rings (SSSR count). The number of hydrogen-bond donors (Lipinski definition) is 1. The average molecular weight is 464 g/mol. The molecule has 0 fully saturated rings. The van der Waals surface area contributed by atoms with E-state index in [0.29, 0.717) is 11.5 Å². The molecule has 2 heterocycles. The van der Waals surface area contributed by atoms with E-state index in [1.165, 1.54) is 10.6 Å². The quantitative estimate of drug-likeness (QED) is 0.405. The number of aromatic nitrogens is 4. The third kappa shape index (κ3) is 4.61. The Labute approximate surface area is 202 Å². The monoisotopic (exact) mass is 463 g/mol. The van der Waals surface area contributed by atoms with Crippen molar-refractivity contribution in [3.63, 3.8) is 0 Å². The van der Waals surface area contributed by atoms with Crippen LogP contribution in [0.1, 0.15) is 34.1 Å². The highest BCUT2D eigenvalue weighted by Crippen LogP contribution is 2.30. The molecule has 0 aliphatic rings. The van der Waals surface area contributed by atoms with Crippen LogP contribution in [0.2, 0.25) is 0 Å². The second kappa shape index (κ2) is 9.38. The predicted molar refractivity (Wildman–Crippen MR) is 135 cm³/mol. The van der Waals surface area contributed by atoms with E-state index in [2.05, 4.69) is 15.1 Å². The second-order valence-electron chi connectivity index (χ2n) is 8.56. The van der Waals surface area contributed by atoms with Crippen molar-refractivity contribution in [2.75, 3.05) is 4.90 Å². The highest BCUT2D eigenvalue weighted by Gasteiger charge is 2.29. The third-order valence-corrected chi connectivity index (χ3v) is 5.94. The van der Waals surface area contributed by atoms with Gasteiger partial charge in [0.15, 0.2) is 0 Å². The normalized spacial score (nSPS) is 11.2. The molecule has 0 aliphatic carbocycles. The minimum atomic E-state index is -0.508. The van der Waals surface area contributed by atoms with Gasteiger partial charge in [-0.1, -0.05) is 78.4 Å². The van der Waals surface area contributed by atoms with E-state index in [0.717, 1.165) is 22.4 Å². The Morgan fingerprint density at radius 1 is 0.886 bits per heavy atom. The fraction of sp³-hybridized carbons (Fsp3) is 0.143. The van der Waals surface area contributed by atoms with Crippen molar-refractivity contribution in [3.05, 3.63) is 130 Å². The molecule has 174 valence electrons. The Bertz CT molecular complexity index is 1480. The van der Waals surface area contributed by atoms with Crippen LogP contribution in [0.4, 0.5) is 5.69 Å². The molecule has 0 aliphatic heterocycles. The van der Waals surface area contributed by atoms with Crippen molar-refractivity contribution >= 4 is 17.4 Å². The molecular formula is C28H25N5O2. The van der Waals surface area contributed by atoms with Crippen molar-refractivity contribution in [2.24, 2.45) is 0 Å². The number of rotatable bonds is 6. The number of carbonyl (C=O) groups is 1. The van der Waals surface area contributed by atoms with Crippen LogP contribution in [0.25, 0.3) is 5.78 Å². The Balaban J connectivity index is 1.61. The summed E-state index contributed by atoms with van der Waals surface area (Å²) in [5.41, 5.74) is 3.99. The van der Waals surface area contributed by atoms with E-state index in [1.54, 1.807) is 11.8 Å². The number of hydrogen-bond acceptors (Lipinski definition) is 4. The van der Waals surface area contributed by atoms with Crippen LogP contribution in [0.3, 0.4) is 0 Å². The number of aryl methyl sites for hydroxylation is 2. The van der Waals surface area contributed by atoms with Gasteiger partial charge in [-0.25, -0.2) is 4.98 Å². The van der Waals surface area contributed by atoms with Crippen LogP contribution in [0.15, 0.2) is 95.8 Å². The SMILES string of the molecule is Cc1ccc(N(Cc2nc3nc(C)cc(=O)n3[nH]2)C(=O)C(c2ccccc2)c2ccccc2)cc1. The lowest BCUT2D eigenvalue weighted by molar-refractivity contribution is -0.119. The van der Waals surface area contributed by atoms with E-state index < -0.39 is 5.92 Å². The fourth-order valence-electron chi connectivity index (χ4n) is 4.20.